The Kier molecular flexibility index (Phi) is 3.99. The standard InChI is InChI=1S/C12H14N4OS/c1-9-5-3-4-6-10(9)14-11(17)7-18-12-15-13-8-16(12)2/h3-6,8H,7H2,1-2H3,(H,14,17). The van der Waals surface area contributed by atoms with Crippen molar-refractivity contribution >= 4 is 23.4 Å². The molecule has 0 radical (unpaired) electrons. The fraction of sp³-hybridized carbons (Fsp3) is 0.250. The first-order valence-electron chi connectivity index (χ1n) is 5.49. The van der Waals surface area contributed by atoms with Crippen LogP contribution in [0.3, 0.4) is 0 Å². The molecule has 2 rings (SSSR count). The SMILES string of the molecule is Cc1ccccc1NC(=O)CSc1nncn1C. The largest absolute Gasteiger partial charge is 0.325 e. The highest BCUT2D eigenvalue weighted by atomic mass is 32.2. The fourth-order valence-electron chi connectivity index (χ4n) is 1.43. The minimum absolute atomic E-state index is 0.0442. The summed E-state index contributed by atoms with van der Waals surface area (Å²) in [5.74, 6) is 0.276. The molecule has 0 unspecified atom stereocenters. The maximum Gasteiger partial charge on any atom is 0.234 e. The summed E-state index contributed by atoms with van der Waals surface area (Å²) in [5.41, 5.74) is 1.90. The zero-order valence-electron chi connectivity index (χ0n) is 10.3. The van der Waals surface area contributed by atoms with E-state index in [0.717, 1.165) is 16.4 Å². The van der Waals surface area contributed by atoms with Crippen LogP contribution in [0.5, 0.6) is 0 Å². The summed E-state index contributed by atoms with van der Waals surface area (Å²) < 4.78 is 1.78. The molecule has 0 aliphatic carbocycles. The van der Waals surface area contributed by atoms with Gasteiger partial charge in [-0.05, 0) is 18.6 Å². The summed E-state index contributed by atoms with van der Waals surface area (Å²) in [5, 5.41) is 11.3. The van der Waals surface area contributed by atoms with E-state index < -0.39 is 0 Å². The molecule has 6 heteroatoms. The number of hydrogen-bond donors (Lipinski definition) is 1. The van der Waals surface area contributed by atoms with Crippen LogP contribution in [0.1, 0.15) is 5.56 Å². The number of nitrogens with one attached hydrogen (secondary N) is 1. The summed E-state index contributed by atoms with van der Waals surface area (Å²) in [6.07, 6.45) is 1.61. The van der Waals surface area contributed by atoms with Crippen molar-refractivity contribution in [1.29, 1.82) is 0 Å². The Hall–Kier alpha value is -1.82. The topological polar surface area (TPSA) is 59.8 Å². The van der Waals surface area contributed by atoms with E-state index in [1.54, 1.807) is 10.9 Å². The molecule has 2 aromatic rings. The van der Waals surface area contributed by atoms with E-state index in [9.17, 15) is 4.79 Å². The number of aryl methyl sites for hydroxylation is 2. The molecule has 0 saturated carbocycles. The molecule has 94 valence electrons. The molecule has 5 nitrogen and oxygen atoms in total. The van der Waals surface area contributed by atoms with Gasteiger partial charge in [0.05, 0.1) is 5.75 Å². The molecule has 18 heavy (non-hydrogen) atoms. The van der Waals surface area contributed by atoms with Crippen LogP contribution < -0.4 is 5.32 Å². The monoisotopic (exact) mass is 262 g/mol. The first-order valence-corrected chi connectivity index (χ1v) is 6.47. The molecule has 0 bridgehead atoms. The molecule has 1 N–H and O–H groups in total. The summed E-state index contributed by atoms with van der Waals surface area (Å²) in [6, 6.07) is 7.70. The molecule has 1 amide bonds. The van der Waals surface area contributed by atoms with Gasteiger partial charge in [0, 0.05) is 12.7 Å². The number of nitrogens with zero attached hydrogens (tertiary/aromatic N) is 3. The predicted molar refractivity (Wildman–Crippen MR) is 71.5 cm³/mol. The zero-order chi connectivity index (χ0) is 13.0. The number of anilines is 1. The summed E-state index contributed by atoms with van der Waals surface area (Å²) in [7, 11) is 1.85. The molecule has 1 aromatic carbocycles. The average Bonchev–Trinajstić information content (AvgIpc) is 2.75. The van der Waals surface area contributed by atoms with Crippen molar-refractivity contribution in [2.75, 3.05) is 11.1 Å². The lowest BCUT2D eigenvalue weighted by atomic mass is 10.2. The van der Waals surface area contributed by atoms with Gasteiger partial charge in [-0.25, -0.2) is 0 Å². The van der Waals surface area contributed by atoms with Crippen LogP contribution in [0, 0.1) is 6.92 Å². The maximum atomic E-state index is 11.8. The van der Waals surface area contributed by atoms with Crippen LogP contribution in [0.25, 0.3) is 0 Å². The molecule has 0 atom stereocenters. The zero-order valence-corrected chi connectivity index (χ0v) is 11.1. The highest BCUT2D eigenvalue weighted by Gasteiger charge is 2.07. The lowest BCUT2D eigenvalue weighted by molar-refractivity contribution is -0.113. The van der Waals surface area contributed by atoms with E-state index in [4.69, 9.17) is 0 Å². The van der Waals surface area contributed by atoms with E-state index in [-0.39, 0.29) is 5.91 Å². The van der Waals surface area contributed by atoms with Gasteiger partial charge in [-0.1, -0.05) is 30.0 Å². The molecule has 0 spiro atoms. The Morgan fingerprint density at radius 1 is 1.44 bits per heavy atom. The van der Waals surface area contributed by atoms with Gasteiger partial charge in [-0.2, -0.15) is 0 Å². The number of aromatic nitrogens is 3. The van der Waals surface area contributed by atoms with Gasteiger partial charge in [-0.15, -0.1) is 10.2 Å². The second kappa shape index (κ2) is 5.68. The van der Waals surface area contributed by atoms with Crippen molar-refractivity contribution in [3.63, 3.8) is 0 Å². The van der Waals surface area contributed by atoms with E-state index in [0.29, 0.717) is 5.75 Å². The van der Waals surface area contributed by atoms with Crippen LogP contribution in [0.4, 0.5) is 5.69 Å². The first kappa shape index (κ1) is 12.6. The molecule has 0 aliphatic rings. The molecule has 0 fully saturated rings. The van der Waals surface area contributed by atoms with Gasteiger partial charge in [-0.3, -0.25) is 4.79 Å². The van der Waals surface area contributed by atoms with Gasteiger partial charge in [0.1, 0.15) is 6.33 Å². The lowest BCUT2D eigenvalue weighted by Gasteiger charge is -2.07. The van der Waals surface area contributed by atoms with Crippen LogP contribution >= 0.6 is 11.8 Å². The number of hydrogen-bond acceptors (Lipinski definition) is 4. The van der Waals surface area contributed by atoms with Crippen molar-refractivity contribution in [1.82, 2.24) is 14.8 Å². The van der Waals surface area contributed by atoms with Crippen molar-refractivity contribution < 1.29 is 4.79 Å². The van der Waals surface area contributed by atoms with Gasteiger partial charge in [0.25, 0.3) is 0 Å². The van der Waals surface area contributed by atoms with E-state index in [1.807, 2.05) is 38.2 Å². The second-order valence-electron chi connectivity index (χ2n) is 3.88. The van der Waals surface area contributed by atoms with Crippen LogP contribution in [-0.2, 0) is 11.8 Å². The maximum absolute atomic E-state index is 11.8. The smallest absolute Gasteiger partial charge is 0.234 e. The fourth-order valence-corrected chi connectivity index (χ4v) is 2.12. The third-order valence-corrected chi connectivity index (χ3v) is 3.46. The first-order chi connectivity index (χ1) is 8.66. The molecule has 1 aromatic heterocycles. The molecule has 1 heterocycles. The van der Waals surface area contributed by atoms with Gasteiger partial charge >= 0.3 is 0 Å². The number of carbonyl (C=O) groups excluding carboxylic acids is 1. The van der Waals surface area contributed by atoms with E-state index >= 15 is 0 Å². The summed E-state index contributed by atoms with van der Waals surface area (Å²) in [6.45, 7) is 1.96. The Balaban J connectivity index is 1.90. The molecular formula is C12H14N4OS. The Morgan fingerprint density at radius 2 is 2.22 bits per heavy atom. The normalized spacial score (nSPS) is 10.3. The minimum atomic E-state index is -0.0442. The number of amides is 1. The number of para-hydroxylation sites is 1. The number of benzene rings is 1. The summed E-state index contributed by atoms with van der Waals surface area (Å²) in [4.78, 5) is 11.8. The quantitative estimate of drug-likeness (QED) is 0.854. The number of rotatable bonds is 4. The Morgan fingerprint density at radius 3 is 2.89 bits per heavy atom. The van der Waals surface area contributed by atoms with Crippen molar-refractivity contribution in [2.45, 2.75) is 12.1 Å². The molecular weight excluding hydrogens is 248 g/mol. The van der Waals surface area contributed by atoms with Crippen molar-refractivity contribution in [3.05, 3.63) is 36.2 Å². The van der Waals surface area contributed by atoms with E-state index in [1.165, 1.54) is 11.8 Å². The highest BCUT2D eigenvalue weighted by molar-refractivity contribution is 7.99. The Labute approximate surface area is 110 Å². The minimum Gasteiger partial charge on any atom is -0.325 e. The van der Waals surface area contributed by atoms with Crippen molar-refractivity contribution in [2.24, 2.45) is 7.05 Å². The van der Waals surface area contributed by atoms with Gasteiger partial charge < -0.3 is 9.88 Å². The number of carbonyl (C=O) groups is 1. The lowest BCUT2D eigenvalue weighted by Crippen LogP contribution is -2.15. The third-order valence-electron chi connectivity index (χ3n) is 2.42. The van der Waals surface area contributed by atoms with Gasteiger partial charge in [0.2, 0.25) is 5.91 Å². The molecule has 0 saturated heterocycles. The third kappa shape index (κ3) is 3.10. The average molecular weight is 262 g/mol. The summed E-state index contributed by atoms with van der Waals surface area (Å²) >= 11 is 1.36. The Bertz CT molecular complexity index is 553. The van der Waals surface area contributed by atoms with Crippen LogP contribution in [-0.4, -0.2) is 26.4 Å². The van der Waals surface area contributed by atoms with Crippen LogP contribution in [0.2, 0.25) is 0 Å². The van der Waals surface area contributed by atoms with Crippen LogP contribution in [0.15, 0.2) is 35.7 Å². The predicted octanol–water partition coefficient (Wildman–Crippen LogP) is 1.85. The molecule has 0 aliphatic heterocycles. The van der Waals surface area contributed by atoms with Crippen molar-refractivity contribution in [3.8, 4) is 0 Å². The van der Waals surface area contributed by atoms with E-state index in [2.05, 4.69) is 15.5 Å². The number of thioether (sulfide) groups is 1. The second-order valence-corrected chi connectivity index (χ2v) is 4.82. The highest BCUT2D eigenvalue weighted by Crippen LogP contribution is 2.16. The van der Waals surface area contributed by atoms with Gasteiger partial charge in [0.15, 0.2) is 5.16 Å².